The molecule has 0 heterocycles. The number of unbranched alkanes of at least 4 members (excludes halogenated alkanes) is 1. The summed E-state index contributed by atoms with van der Waals surface area (Å²) in [5.41, 5.74) is 2.28. The molecule has 0 amide bonds. The fourth-order valence-electron chi connectivity index (χ4n) is 2.00. The first-order valence-corrected chi connectivity index (χ1v) is 7.42. The molecule has 1 N–H and O–H groups in total. The van der Waals surface area contributed by atoms with Crippen molar-refractivity contribution in [2.45, 2.75) is 19.3 Å². The molecule has 0 radical (unpaired) electrons. The van der Waals surface area contributed by atoms with E-state index in [4.69, 9.17) is 9.84 Å². The van der Waals surface area contributed by atoms with Gasteiger partial charge >= 0.3 is 5.97 Å². The number of rotatable bonds is 8. The molecule has 0 fully saturated rings. The molecule has 2 rings (SSSR count). The number of ether oxygens (including phenoxy) is 1. The zero-order valence-corrected chi connectivity index (χ0v) is 12.4. The fourth-order valence-corrected chi connectivity index (χ4v) is 2.00. The Morgan fingerprint density at radius 2 is 1.55 bits per heavy atom. The summed E-state index contributed by atoms with van der Waals surface area (Å²) >= 11 is 0. The van der Waals surface area contributed by atoms with E-state index in [0.717, 1.165) is 17.7 Å². The molecule has 0 unspecified atom stereocenters. The highest BCUT2D eigenvalue weighted by Crippen LogP contribution is 2.15. The maximum atomic E-state index is 10.4. The Morgan fingerprint density at radius 3 is 2.18 bits per heavy atom. The lowest BCUT2D eigenvalue weighted by Gasteiger charge is -2.05. The van der Waals surface area contributed by atoms with E-state index in [9.17, 15) is 4.79 Å². The molecule has 0 aromatic heterocycles. The third-order valence-electron chi connectivity index (χ3n) is 3.20. The van der Waals surface area contributed by atoms with Crippen LogP contribution in [-0.4, -0.2) is 17.7 Å². The highest BCUT2D eigenvalue weighted by Gasteiger charge is 1.97. The highest BCUT2D eigenvalue weighted by atomic mass is 16.5. The van der Waals surface area contributed by atoms with Crippen LogP contribution in [0.1, 0.15) is 30.4 Å². The lowest BCUT2D eigenvalue weighted by atomic mass is 10.1. The molecule has 0 aliphatic carbocycles. The van der Waals surface area contributed by atoms with E-state index in [1.54, 1.807) is 0 Å². The molecule has 114 valence electrons. The Labute approximate surface area is 130 Å². The summed E-state index contributed by atoms with van der Waals surface area (Å²) in [6, 6.07) is 18.0. The van der Waals surface area contributed by atoms with Gasteiger partial charge in [-0.1, -0.05) is 54.6 Å². The quantitative estimate of drug-likeness (QED) is 0.576. The molecule has 0 spiro atoms. The van der Waals surface area contributed by atoms with Crippen molar-refractivity contribution in [3.05, 3.63) is 65.7 Å². The number of carboxylic acid groups (broad SMARTS) is 1. The molecule has 0 aliphatic rings. The van der Waals surface area contributed by atoms with E-state index in [2.05, 4.69) is 24.3 Å². The number of hydrogen-bond acceptors (Lipinski definition) is 2. The lowest BCUT2D eigenvalue weighted by Crippen LogP contribution is -2.00. The second-order valence-corrected chi connectivity index (χ2v) is 5.01. The SMILES string of the molecule is O=C(O)CCCCOc1ccc(/C=C/c2ccccc2)cc1. The molecule has 0 atom stereocenters. The summed E-state index contributed by atoms with van der Waals surface area (Å²) in [5.74, 6) is 0.0572. The van der Waals surface area contributed by atoms with E-state index in [-0.39, 0.29) is 6.42 Å². The molecule has 0 saturated heterocycles. The van der Waals surface area contributed by atoms with Gasteiger partial charge in [0.1, 0.15) is 5.75 Å². The average molecular weight is 296 g/mol. The van der Waals surface area contributed by atoms with Gasteiger partial charge in [-0.2, -0.15) is 0 Å². The largest absolute Gasteiger partial charge is 0.494 e. The monoisotopic (exact) mass is 296 g/mol. The molecular weight excluding hydrogens is 276 g/mol. The zero-order valence-electron chi connectivity index (χ0n) is 12.4. The fraction of sp³-hybridized carbons (Fsp3) is 0.211. The van der Waals surface area contributed by atoms with Crippen LogP contribution in [0.25, 0.3) is 12.2 Å². The highest BCUT2D eigenvalue weighted by molar-refractivity contribution is 5.69. The van der Waals surface area contributed by atoms with Gasteiger partial charge in [-0.3, -0.25) is 4.79 Å². The Hall–Kier alpha value is -2.55. The summed E-state index contributed by atoms with van der Waals surface area (Å²) in [4.78, 5) is 10.4. The Balaban J connectivity index is 1.78. The van der Waals surface area contributed by atoms with E-state index < -0.39 is 5.97 Å². The topological polar surface area (TPSA) is 46.5 Å². The molecule has 0 bridgehead atoms. The van der Waals surface area contributed by atoms with Crippen molar-refractivity contribution in [3.8, 4) is 5.75 Å². The van der Waals surface area contributed by atoms with E-state index in [1.165, 1.54) is 5.56 Å². The van der Waals surface area contributed by atoms with Crippen molar-refractivity contribution in [1.29, 1.82) is 0 Å². The summed E-state index contributed by atoms with van der Waals surface area (Å²) in [7, 11) is 0. The first-order valence-electron chi connectivity index (χ1n) is 7.42. The summed E-state index contributed by atoms with van der Waals surface area (Å²) in [5, 5.41) is 8.55. The van der Waals surface area contributed by atoms with Crippen LogP contribution in [-0.2, 0) is 4.79 Å². The summed E-state index contributed by atoms with van der Waals surface area (Å²) in [6.45, 7) is 0.548. The lowest BCUT2D eigenvalue weighted by molar-refractivity contribution is -0.137. The van der Waals surface area contributed by atoms with Crippen molar-refractivity contribution in [3.63, 3.8) is 0 Å². The van der Waals surface area contributed by atoms with Gasteiger partial charge in [0.05, 0.1) is 6.61 Å². The van der Waals surface area contributed by atoms with Crippen molar-refractivity contribution in [2.75, 3.05) is 6.61 Å². The number of benzene rings is 2. The van der Waals surface area contributed by atoms with Crippen LogP contribution in [0.3, 0.4) is 0 Å². The second kappa shape index (κ2) is 8.67. The van der Waals surface area contributed by atoms with Gasteiger partial charge in [-0.15, -0.1) is 0 Å². The third-order valence-corrected chi connectivity index (χ3v) is 3.20. The van der Waals surface area contributed by atoms with Crippen LogP contribution < -0.4 is 4.74 Å². The van der Waals surface area contributed by atoms with Crippen LogP contribution in [0.5, 0.6) is 5.75 Å². The molecule has 0 aliphatic heterocycles. The Kier molecular flexibility index (Phi) is 6.24. The molecule has 3 nitrogen and oxygen atoms in total. The van der Waals surface area contributed by atoms with Crippen molar-refractivity contribution in [1.82, 2.24) is 0 Å². The van der Waals surface area contributed by atoms with Gasteiger partial charge < -0.3 is 9.84 Å². The smallest absolute Gasteiger partial charge is 0.303 e. The summed E-state index contributed by atoms with van der Waals surface area (Å²) < 4.78 is 5.59. The van der Waals surface area contributed by atoms with Crippen molar-refractivity contribution in [2.24, 2.45) is 0 Å². The van der Waals surface area contributed by atoms with Gasteiger partial charge in [0.25, 0.3) is 0 Å². The zero-order chi connectivity index (χ0) is 15.6. The number of aliphatic carboxylic acids is 1. The molecule has 22 heavy (non-hydrogen) atoms. The van der Waals surface area contributed by atoms with Crippen LogP contribution >= 0.6 is 0 Å². The van der Waals surface area contributed by atoms with Crippen LogP contribution in [0.2, 0.25) is 0 Å². The molecule has 3 heteroatoms. The van der Waals surface area contributed by atoms with E-state index in [1.807, 2.05) is 42.5 Å². The van der Waals surface area contributed by atoms with Crippen LogP contribution in [0.15, 0.2) is 54.6 Å². The average Bonchev–Trinajstić information content (AvgIpc) is 2.54. The molecule has 2 aromatic rings. The van der Waals surface area contributed by atoms with Crippen molar-refractivity contribution < 1.29 is 14.6 Å². The first kappa shape index (κ1) is 15.8. The number of carboxylic acids is 1. The number of hydrogen-bond donors (Lipinski definition) is 1. The minimum Gasteiger partial charge on any atom is -0.494 e. The predicted octanol–water partition coefficient (Wildman–Crippen LogP) is 4.49. The standard InChI is InChI=1S/C19H20O3/c20-19(21)8-4-5-15-22-18-13-11-17(12-14-18)10-9-16-6-2-1-3-7-16/h1-3,6-7,9-14H,4-5,8,15H2,(H,20,21)/b10-9+. The van der Waals surface area contributed by atoms with Gasteiger partial charge in [0.15, 0.2) is 0 Å². The predicted molar refractivity (Wildman–Crippen MR) is 88.8 cm³/mol. The van der Waals surface area contributed by atoms with Gasteiger partial charge in [0.2, 0.25) is 0 Å². The Morgan fingerprint density at radius 1 is 0.909 bits per heavy atom. The maximum absolute atomic E-state index is 10.4. The second-order valence-electron chi connectivity index (χ2n) is 5.01. The van der Waals surface area contributed by atoms with Gasteiger partial charge in [0, 0.05) is 6.42 Å². The normalized spacial score (nSPS) is 10.7. The number of carbonyl (C=O) groups is 1. The van der Waals surface area contributed by atoms with Crippen LogP contribution in [0, 0.1) is 0 Å². The molecule has 2 aromatic carbocycles. The van der Waals surface area contributed by atoms with Crippen LogP contribution in [0.4, 0.5) is 0 Å². The maximum Gasteiger partial charge on any atom is 0.303 e. The van der Waals surface area contributed by atoms with E-state index in [0.29, 0.717) is 13.0 Å². The first-order chi connectivity index (χ1) is 10.7. The third kappa shape index (κ3) is 5.83. The molecular formula is C19H20O3. The van der Waals surface area contributed by atoms with Gasteiger partial charge in [-0.05, 0) is 36.1 Å². The Bertz CT molecular complexity index is 600. The van der Waals surface area contributed by atoms with E-state index >= 15 is 0 Å². The minimum absolute atomic E-state index is 0.201. The molecule has 0 saturated carbocycles. The minimum atomic E-state index is -0.755. The van der Waals surface area contributed by atoms with Crippen molar-refractivity contribution >= 4 is 18.1 Å². The summed E-state index contributed by atoms with van der Waals surface area (Å²) in [6.07, 6.45) is 5.73. The van der Waals surface area contributed by atoms with Gasteiger partial charge in [-0.25, -0.2) is 0 Å².